The van der Waals surface area contributed by atoms with Gasteiger partial charge in [0.15, 0.2) is 0 Å². The largest absolute Gasteiger partial charge is 0.379 e. The van der Waals surface area contributed by atoms with E-state index in [1.54, 1.807) is 31.0 Å². The lowest BCUT2D eigenvalue weighted by atomic mass is 10.1. The minimum absolute atomic E-state index is 0.0658. The van der Waals surface area contributed by atoms with Gasteiger partial charge in [0.2, 0.25) is 5.91 Å². The molecule has 1 aliphatic heterocycles. The van der Waals surface area contributed by atoms with Gasteiger partial charge in [0.05, 0.1) is 31.6 Å². The van der Waals surface area contributed by atoms with Gasteiger partial charge < -0.3 is 10.1 Å². The van der Waals surface area contributed by atoms with E-state index >= 15 is 0 Å². The van der Waals surface area contributed by atoms with Crippen LogP contribution in [0.15, 0.2) is 48.5 Å². The van der Waals surface area contributed by atoms with E-state index in [1.807, 2.05) is 17.5 Å². The Morgan fingerprint density at radius 3 is 2.82 bits per heavy atom. The van der Waals surface area contributed by atoms with Gasteiger partial charge in [-0.25, -0.2) is 4.98 Å². The summed E-state index contributed by atoms with van der Waals surface area (Å²) in [5, 5.41) is 5.73. The van der Waals surface area contributed by atoms with Crippen molar-refractivity contribution in [3.63, 3.8) is 0 Å². The Morgan fingerprint density at radius 1 is 1.21 bits per heavy atom. The van der Waals surface area contributed by atoms with E-state index in [-0.39, 0.29) is 5.91 Å². The fraction of sp³-hybridized carbons (Fsp3) is 0.316. The number of nitrogens with one attached hydrogen (secondary N) is 1. The van der Waals surface area contributed by atoms with E-state index < -0.39 is 6.04 Å². The quantitative estimate of drug-likeness (QED) is 0.678. The maximum Gasteiger partial charge on any atom is 0.242 e. The highest BCUT2D eigenvalue weighted by atomic mass is 32.1. The van der Waals surface area contributed by atoms with Crippen molar-refractivity contribution in [3.05, 3.63) is 59.8 Å². The molecule has 1 N–H and O–H groups in total. The van der Waals surface area contributed by atoms with E-state index in [0.717, 1.165) is 22.0 Å². The lowest BCUT2D eigenvalue weighted by molar-refractivity contribution is -0.128. The molecule has 4 rings (SSSR count). The normalized spacial score (nSPS) is 15.9. The molecule has 0 aromatic carbocycles. The van der Waals surface area contributed by atoms with Crippen molar-refractivity contribution in [2.75, 3.05) is 26.3 Å². The van der Waals surface area contributed by atoms with Crippen molar-refractivity contribution < 1.29 is 9.53 Å². The standard InChI is InChI=1S/C19H20N6O2S/c26-18(17(14-2-1-3-20-10-14)25-6-8-27-9-7-25)23-11-15-13-28-19(24-15)16-12-21-4-5-22-16/h1-5,10,12-13,17H,6-9,11H2,(H,23,26)/t17-/m1/s1. The fourth-order valence-electron chi connectivity index (χ4n) is 3.09. The molecule has 1 fully saturated rings. The number of amides is 1. The predicted molar refractivity (Wildman–Crippen MR) is 104 cm³/mol. The van der Waals surface area contributed by atoms with Crippen LogP contribution < -0.4 is 5.32 Å². The van der Waals surface area contributed by atoms with Crippen LogP contribution in [-0.2, 0) is 16.1 Å². The first kappa shape index (κ1) is 18.6. The predicted octanol–water partition coefficient (Wildman–Crippen LogP) is 1.68. The minimum Gasteiger partial charge on any atom is -0.379 e. The van der Waals surface area contributed by atoms with E-state index in [2.05, 4.69) is 30.2 Å². The van der Waals surface area contributed by atoms with Crippen LogP contribution in [0.1, 0.15) is 17.3 Å². The number of carbonyl (C=O) groups excluding carboxylic acids is 1. The van der Waals surface area contributed by atoms with Gasteiger partial charge in [-0.2, -0.15) is 0 Å². The average Bonchev–Trinajstić information content (AvgIpc) is 3.24. The second-order valence-corrected chi connectivity index (χ2v) is 7.15. The molecule has 1 saturated heterocycles. The Kier molecular flexibility index (Phi) is 5.95. The zero-order valence-corrected chi connectivity index (χ0v) is 16.0. The first-order valence-corrected chi connectivity index (χ1v) is 9.89. The number of morpholine rings is 1. The van der Waals surface area contributed by atoms with Gasteiger partial charge >= 0.3 is 0 Å². The van der Waals surface area contributed by atoms with Gasteiger partial charge in [0, 0.05) is 43.3 Å². The second-order valence-electron chi connectivity index (χ2n) is 6.29. The number of ether oxygens (including phenoxy) is 1. The number of hydrogen-bond acceptors (Lipinski definition) is 8. The second kappa shape index (κ2) is 8.96. The molecule has 0 radical (unpaired) electrons. The van der Waals surface area contributed by atoms with Gasteiger partial charge in [-0.3, -0.25) is 24.6 Å². The number of pyridine rings is 1. The molecule has 9 heteroatoms. The number of nitrogens with zero attached hydrogens (tertiary/aromatic N) is 5. The molecule has 28 heavy (non-hydrogen) atoms. The van der Waals surface area contributed by atoms with Crippen LogP contribution in [0.4, 0.5) is 0 Å². The maximum atomic E-state index is 13.0. The number of rotatable bonds is 6. The van der Waals surface area contributed by atoms with Gasteiger partial charge in [-0.05, 0) is 11.6 Å². The fourth-order valence-corrected chi connectivity index (χ4v) is 3.87. The molecule has 0 saturated carbocycles. The highest BCUT2D eigenvalue weighted by Crippen LogP contribution is 2.23. The van der Waals surface area contributed by atoms with Crippen LogP contribution in [0.3, 0.4) is 0 Å². The van der Waals surface area contributed by atoms with E-state index in [9.17, 15) is 4.79 Å². The summed E-state index contributed by atoms with van der Waals surface area (Å²) < 4.78 is 5.43. The van der Waals surface area contributed by atoms with Crippen LogP contribution in [0, 0.1) is 0 Å². The van der Waals surface area contributed by atoms with Crippen LogP contribution >= 0.6 is 11.3 Å². The van der Waals surface area contributed by atoms with Crippen LogP contribution in [-0.4, -0.2) is 57.0 Å². The third kappa shape index (κ3) is 4.38. The van der Waals surface area contributed by atoms with Gasteiger partial charge in [-0.1, -0.05) is 6.07 Å². The number of aromatic nitrogens is 4. The number of carbonyl (C=O) groups is 1. The lowest BCUT2D eigenvalue weighted by Crippen LogP contribution is -2.45. The molecule has 1 amide bonds. The molecule has 144 valence electrons. The molecule has 4 heterocycles. The van der Waals surface area contributed by atoms with Gasteiger partial charge in [0.1, 0.15) is 16.7 Å². The zero-order chi connectivity index (χ0) is 19.2. The zero-order valence-electron chi connectivity index (χ0n) is 15.2. The summed E-state index contributed by atoms with van der Waals surface area (Å²) in [6.45, 7) is 3.02. The van der Waals surface area contributed by atoms with Crippen LogP contribution in [0.5, 0.6) is 0 Å². The van der Waals surface area contributed by atoms with Crippen molar-refractivity contribution in [1.29, 1.82) is 0 Å². The lowest BCUT2D eigenvalue weighted by Gasteiger charge is -2.33. The number of hydrogen-bond donors (Lipinski definition) is 1. The molecule has 3 aromatic heterocycles. The molecule has 3 aromatic rings. The molecular weight excluding hydrogens is 376 g/mol. The molecule has 1 atom stereocenters. The summed E-state index contributed by atoms with van der Waals surface area (Å²) in [6, 6.07) is 3.39. The van der Waals surface area contributed by atoms with Gasteiger partial charge in [-0.15, -0.1) is 11.3 Å². The summed E-state index contributed by atoms with van der Waals surface area (Å²) in [4.78, 5) is 32.2. The van der Waals surface area contributed by atoms with Crippen LogP contribution in [0.25, 0.3) is 10.7 Å². The Balaban J connectivity index is 1.45. The van der Waals surface area contributed by atoms with E-state index in [4.69, 9.17) is 4.74 Å². The smallest absolute Gasteiger partial charge is 0.242 e. The molecule has 0 aliphatic carbocycles. The van der Waals surface area contributed by atoms with Crippen molar-refractivity contribution in [1.82, 2.24) is 30.2 Å². The van der Waals surface area contributed by atoms with Gasteiger partial charge in [0.25, 0.3) is 0 Å². The molecule has 8 nitrogen and oxygen atoms in total. The Morgan fingerprint density at radius 2 is 2.07 bits per heavy atom. The Hall–Kier alpha value is -2.75. The molecule has 0 spiro atoms. The first-order chi connectivity index (χ1) is 13.8. The molecule has 0 unspecified atom stereocenters. The summed E-state index contributed by atoms with van der Waals surface area (Å²) in [6.07, 6.45) is 8.40. The van der Waals surface area contributed by atoms with E-state index in [0.29, 0.717) is 32.8 Å². The minimum atomic E-state index is -0.393. The third-order valence-electron chi connectivity index (χ3n) is 4.44. The van der Waals surface area contributed by atoms with Crippen LogP contribution in [0.2, 0.25) is 0 Å². The number of thiazole rings is 1. The maximum absolute atomic E-state index is 13.0. The first-order valence-electron chi connectivity index (χ1n) is 9.01. The van der Waals surface area contributed by atoms with E-state index in [1.165, 1.54) is 11.3 Å². The van der Waals surface area contributed by atoms with Crippen molar-refractivity contribution in [3.8, 4) is 10.7 Å². The highest BCUT2D eigenvalue weighted by molar-refractivity contribution is 7.13. The summed E-state index contributed by atoms with van der Waals surface area (Å²) in [5.41, 5.74) is 2.40. The van der Waals surface area contributed by atoms with Crippen molar-refractivity contribution >= 4 is 17.2 Å². The average molecular weight is 396 g/mol. The van der Waals surface area contributed by atoms with Crippen molar-refractivity contribution in [2.45, 2.75) is 12.6 Å². The highest BCUT2D eigenvalue weighted by Gasteiger charge is 2.29. The Bertz CT molecular complexity index is 899. The summed E-state index contributed by atoms with van der Waals surface area (Å²) in [5.74, 6) is -0.0658. The summed E-state index contributed by atoms with van der Waals surface area (Å²) >= 11 is 1.49. The monoisotopic (exact) mass is 396 g/mol. The SMILES string of the molecule is O=C(NCc1csc(-c2cnccn2)n1)[C@@H](c1cccnc1)N1CCOCC1. The Labute approximate surface area is 166 Å². The molecule has 1 aliphatic rings. The summed E-state index contributed by atoms with van der Waals surface area (Å²) in [7, 11) is 0. The molecule has 0 bridgehead atoms. The molecular formula is C19H20N6O2S. The topological polar surface area (TPSA) is 93.1 Å². The van der Waals surface area contributed by atoms with Crippen molar-refractivity contribution in [2.24, 2.45) is 0 Å². The third-order valence-corrected chi connectivity index (χ3v) is 5.35.